The first-order valence-electron chi connectivity index (χ1n) is 8.95. The topological polar surface area (TPSA) is 80.1 Å². The minimum absolute atomic E-state index is 0.128. The zero-order valence-electron chi connectivity index (χ0n) is 15.3. The number of aromatic nitrogens is 3. The van der Waals surface area contributed by atoms with E-state index in [1.54, 1.807) is 24.3 Å². The van der Waals surface area contributed by atoms with Crippen LogP contribution in [0.2, 0.25) is 0 Å². The smallest absolute Gasteiger partial charge is 0.278 e. The first-order valence-corrected chi connectivity index (χ1v) is 8.95. The average Bonchev–Trinajstić information content (AvgIpc) is 2.68. The van der Waals surface area contributed by atoms with Gasteiger partial charge in [-0.25, -0.2) is 4.68 Å². The Morgan fingerprint density at radius 3 is 2.67 bits per heavy atom. The molecular formula is C20H23N5O2. The van der Waals surface area contributed by atoms with Crippen LogP contribution in [0.4, 0.5) is 0 Å². The van der Waals surface area contributed by atoms with E-state index < -0.39 is 0 Å². The van der Waals surface area contributed by atoms with Crippen LogP contribution in [-0.4, -0.2) is 45.9 Å². The van der Waals surface area contributed by atoms with Gasteiger partial charge in [0.1, 0.15) is 12.1 Å². The molecule has 27 heavy (non-hydrogen) atoms. The fourth-order valence-electron chi connectivity index (χ4n) is 2.87. The molecule has 0 atom stereocenters. The molecule has 1 heterocycles. The average molecular weight is 365 g/mol. The second kappa shape index (κ2) is 9.05. The lowest BCUT2D eigenvalue weighted by Gasteiger charge is -2.16. The van der Waals surface area contributed by atoms with Crippen LogP contribution in [0.5, 0.6) is 0 Å². The maximum absolute atomic E-state index is 12.3. The van der Waals surface area contributed by atoms with Crippen LogP contribution >= 0.6 is 0 Å². The van der Waals surface area contributed by atoms with Crippen LogP contribution in [0.15, 0.2) is 59.4 Å². The molecule has 0 saturated carbocycles. The third kappa shape index (κ3) is 5.21. The summed E-state index contributed by atoms with van der Waals surface area (Å²) < 4.78 is 1.10. The lowest BCUT2D eigenvalue weighted by molar-refractivity contribution is -0.121. The van der Waals surface area contributed by atoms with Gasteiger partial charge in [-0.1, -0.05) is 47.7 Å². The van der Waals surface area contributed by atoms with Crippen molar-refractivity contribution < 1.29 is 4.79 Å². The summed E-state index contributed by atoms with van der Waals surface area (Å²) in [5, 5.41) is 11.1. The van der Waals surface area contributed by atoms with E-state index in [2.05, 4.69) is 39.7 Å². The van der Waals surface area contributed by atoms with E-state index in [0.717, 1.165) is 24.2 Å². The summed E-state index contributed by atoms with van der Waals surface area (Å²) in [5.41, 5.74) is 1.48. The Kier molecular flexibility index (Phi) is 6.27. The molecule has 7 heteroatoms. The van der Waals surface area contributed by atoms with Crippen LogP contribution in [0.3, 0.4) is 0 Å². The molecule has 0 aliphatic heterocycles. The fourth-order valence-corrected chi connectivity index (χ4v) is 2.87. The Balaban J connectivity index is 1.44. The highest BCUT2D eigenvalue weighted by Gasteiger charge is 2.09. The van der Waals surface area contributed by atoms with E-state index in [4.69, 9.17) is 0 Å². The van der Waals surface area contributed by atoms with Gasteiger partial charge in [-0.3, -0.25) is 9.59 Å². The molecule has 0 aliphatic rings. The summed E-state index contributed by atoms with van der Waals surface area (Å²) in [6, 6.07) is 17.2. The number of carbonyl (C=O) groups excluding carboxylic acids is 1. The highest BCUT2D eigenvalue weighted by molar-refractivity contribution is 5.78. The highest BCUT2D eigenvalue weighted by Crippen LogP contribution is 2.04. The Hall–Kier alpha value is -3.06. The van der Waals surface area contributed by atoms with Gasteiger partial charge in [-0.05, 0) is 37.7 Å². The third-order valence-electron chi connectivity index (χ3n) is 4.26. The van der Waals surface area contributed by atoms with Crippen LogP contribution in [0.25, 0.3) is 10.9 Å². The Bertz CT molecular complexity index is 955. The van der Waals surface area contributed by atoms with Gasteiger partial charge in [0, 0.05) is 13.1 Å². The first-order chi connectivity index (χ1) is 13.1. The maximum atomic E-state index is 12.3. The summed E-state index contributed by atoms with van der Waals surface area (Å²) in [6.07, 6.45) is 0.827. The molecule has 2 aromatic carbocycles. The quantitative estimate of drug-likeness (QED) is 0.611. The van der Waals surface area contributed by atoms with Gasteiger partial charge in [0.2, 0.25) is 5.91 Å². The fraction of sp³-hybridized carbons (Fsp3) is 0.300. The van der Waals surface area contributed by atoms with Crippen LogP contribution in [0, 0.1) is 0 Å². The van der Waals surface area contributed by atoms with Crippen LogP contribution in [-0.2, 0) is 17.9 Å². The van der Waals surface area contributed by atoms with Crippen LogP contribution in [0.1, 0.15) is 12.0 Å². The summed E-state index contributed by atoms with van der Waals surface area (Å²) in [7, 11) is 2.05. The zero-order chi connectivity index (χ0) is 19.1. The molecule has 0 bridgehead atoms. The van der Waals surface area contributed by atoms with E-state index in [-0.39, 0.29) is 18.0 Å². The van der Waals surface area contributed by atoms with Gasteiger partial charge >= 0.3 is 0 Å². The SMILES string of the molecule is CN(CCCNC(=O)Cn1nnc2ccccc2c1=O)Cc1ccccc1. The number of hydrogen-bond acceptors (Lipinski definition) is 5. The molecule has 0 radical (unpaired) electrons. The van der Waals surface area contributed by atoms with Crippen molar-refractivity contribution in [1.82, 2.24) is 25.2 Å². The van der Waals surface area contributed by atoms with Gasteiger partial charge in [-0.15, -0.1) is 5.10 Å². The largest absolute Gasteiger partial charge is 0.354 e. The minimum atomic E-state index is -0.307. The monoisotopic (exact) mass is 365 g/mol. The number of nitrogens with zero attached hydrogens (tertiary/aromatic N) is 4. The van der Waals surface area contributed by atoms with E-state index in [9.17, 15) is 9.59 Å². The number of carbonyl (C=O) groups is 1. The van der Waals surface area contributed by atoms with Crippen molar-refractivity contribution in [2.45, 2.75) is 19.5 Å². The number of amides is 1. The van der Waals surface area contributed by atoms with Crippen molar-refractivity contribution >= 4 is 16.8 Å². The lowest BCUT2D eigenvalue weighted by Crippen LogP contribution is -2.35. The van der Waals surface area contributed by atoms with Gasteiger partial charge in [0.25, 0.3) is 5.56 Å². The van der Waals surface area contributed by atoms with Crippen LogP contribution < -0.4 is 10.9 Å². The highest BCUT2D eigenvalue weighted by atomic mass is 16.2. The number of rotatable bonds is 8. The molecule has 1 aromatic heterocycles. The molecule has 1 N–H and O–H groups in total. The Morgan fingerprint density at radius 1 is 1.11 bits per heavy atom. The summed E-state index contributed by atoms with van der Waals surface area (Å²) in [6.45, 7) is 2.16. The molecule has 140 valence electrons. The Morgan fingerprint density at radius 2 is 1.85 bits per heavy atom. The van der Waals surface area contributed by atoms with Gasteiger partial charge in [0.05, 0.1) is 5.39 Å². The summed E-state index contributed by atoms with van der Waals surface area (Å²) in [4.78, 5) is 26.6. The second-order valence-electron chi connectivity index (χ2n) is 6.50. The molecule has 1 amide bonds. The maximum Gasteiger partial charge on any atom is 0.278 e. The van der Waals surface area contributed by atoms with Crippen molar-refractivity contribution in [2.75, 3.05) is 20.1 Å². The molecule has 7 nitrogen and oxygen atoms in total. The van der Waals surface area contributed by atoms with Crippen molar-refractivity contribution in [2.24, 2.45) is 0 Å². The summed E-state index contributed by atoms with van der Waals surface area (Å²) in [5.74, 6) is -0.243. The standard InChI is InChI=1S/C20H23N5O2/c1-24(14-16-8-3-2-4-9-16)13-7-12-21-19(26)15-25-20(27)17-10-5-6-11-18(17)22-23-25/h2-6,8-11H,7,12-15H2,1H3,(H,21,26). The molecule has 0 spiro atoms. The molecule has 0 fully saturated rings. The Labute approximate surface area is 157 Å². The molecule has 3 aromatic rings. The van der Waals surface area contributed by atoms with Crippen molar-refractivity contribution in [3.63, 3.8) is 0 Å². The minimum Gasteiger partial charge on any atom is -0.354 e. The molecular weight excluding hydrogens is 342 g/mol. The number of fused-ring (bicyclic) bond motifs is 1. The van der Waals surface area contributed by atoms with Crippen molar-refractivity contribution in [3.05, 3.63) is 70.5 Å². The molecule has 0 saturated heterocycles. The van der Waals surface area contributed by atoms with E-state index >= 15 is 0 Å². The lowest BCUT2D eigenvalue weighted by atomic mass is 10.2. The van der Waals surface area contributed by atoms with Gasteiger partial charge in [0.15, 0.2) is 0 Å². The van der Waals surface area contributed by atoms with E-state index in [1.807, 2.05) is 18.2 Å². The third-order valence-corrected chi connectivity index (χ3v) is 4.26. The summed E-state index contributed by atoms with van der Waals surface area (Å²) >= 11 is 0. The van der Waals surface area contributed by atoms with Crippen molar-refractivity contribution in [3.8, 4) is 0 Å². The van der Waals surface area contributed by atoms with E-state index in [0.29, 0.717) is 17.4 Å². The first kappa shape index (κ1) is 18.7. The molecule has 0 aliphatic carbocycles. The number of benzene rings is 2. The van der Waals surface area contributed by atoms with Crippen molar-refractivity contribution in [1.29, 1.82) is 0 Å². The van der Waals surface area contributed by atoms with E-state index in [1.165, 1.54) is 5.56 Å². The zero-order valence-corrected chi connectivity index (χ0v) is 15.3. The number of nitrogens with one attached hydrogen (secondary N) is 1. The second-order valence-corrected chi connectivity index (χ2v) is 6.50. The molecule has 0 unspecified atom stereocenters. The predicted molar refractivity (Wildman–Crippen MR) is 104 cm³/mol. The normalized spacial score (nSPS) is 11.0. The van der Waals surface area contributed by atoms with Gasteiger partial charge < -0.3 is 10.2 Å². The van der Waals surface area contributed by atoms with Gasteiger partial charge in [-0.2, -0.15) is 0 Å². The predicted octanol–water partition coefficient (Wildman–Crippen LogP) is 1.43. The molecule has 3 rings (SSSR count). The number of hydrogen-bond donors (Lipinski definition) is 1.